The Labute approximate surface area is 125 Å². The molecule has 2 aromatic rings. The summed E-state index contributed by atoms with van der Waals surface area (Å²) in [5, 5.41) is 14.1. The van der Waals surface area contributed by atoms with Gasteiger partial charge in [-0.05, 0) is 24.4 Å². The predicted molar refractivity (Wildman–Crippen MR) is 86.1 cm³/mol. The SMILES string of the molecule is CCc1ccc(-c2nnc(CCNCC(C)C)s2)cc1. The summed E-state index contributed by atoms with van der Waals surface area (Å²) in [7, 11) is 0. The Balaban J connectivity index is 1.90. The molecule has 0 amide bonds. The molecule has 1 N–H and O–H groups in total. The monoisotopic (exact) mass is 289 g/mol. The summed E-state index contributed by atoms with van der Waals surface area (Å²) in [5.41, 5.74) is 2.53. The van der Waals surface area contributed by atoms with Crippen LogP contribution in [0.5, 0.6) is 0 Å². The molecule has 0 atom stereocenters. The van der Waals surface area contributed by atoms with Gasteiger partial charge < -0.3 is 5.32 Å². The third-order valence-corrected chi connectivity index (χ3v) is 4.18. The molecule has 0 saturated carbocycles. The molecule has 0 aliphatic carbocycles. The van der Waals surface area contributed by atoms with E-state index in [1.54, 1.807) is 11.3 Å². The fourth-order valence-corrected chi connectivity index (χ4v) is 2.78. The standard InChI is InChI=1S/C16H23N3S/c1-4-13-5-7-14(8-6-13)16-19-18-15(20-16)9-10-17-11-12(2)3/h5-8,12,17H,4,9-11H2,1-3H3. The molecule has 3 nitrogen and oxygen atoms in total. The van der Waals surface area contributed by atoms with Crippen LogP contribution in [0.3, 0.4) is 0 Å². The molecule has 0 fully saturated rings. The Kier molecular flexibility index (Phi) is 5.68. The second kappa shape index (κ2) is 7.50. The number of hydrogen-bond acceptors (Lipinski definition) is 4. The lowest BCUT2D eigenvalue weighted by Crippen LogP contribution is -2.22. The van der Waals surface area contributed by atoms with Crippen molar-refractivity contribution in [2.45, 2.75) is 33.6 Å². The highest BCUT2D eigenvalue weighted by Gasteiger charge is 2.06. The Bertz CT molecular complexity index is 517. The van der Waals surface area contributed by atoms with E-state index in [0.29, 0.717) is 5.92 Å². The first-order valence-electron chi connectivity index (χ1n) is 7.31. The van der Waals surface area contributed by atoms with Gasteiger partial charge >= 0.3 is 0 Å². The molecule has 0 spiro atoms. The van der Waals surface area contributed by atoms with Gasteiger partial charge in [0.1, 0.15) is 10.0 Å². The number of benzene rings is 1. The highest BCUT2D eigenvalue weighted by molar-refractivity contribution is 7.14. The van der Waals surface area contributed by atoms with Crippen LogP contribution in [0.2, 0.25) is 0 Å². The summed E-state index contributed by atoms with van der Waals surface area (Å²) in [4.78, 5) is 0. The van der Waals surface area contributed by atoms with Crippen molar-refractivity contribution in [3.63, 3.8) is 0 Å². The van der Waals surface area contributed by atoms with Crippen molar-refractivity contribution < 1.29 is 0 Å². The van der Waals surface area contributed by atoms with Crippen molar-refractivity contribution in [1.82, 2.24) is 15.5 Å². The zero-order chi connectivity index (χ0) is 14.4. The average Bonchev–Trinajstić information content (AvgIpc) is 2.92. The van der Waals surface area contributed by atoms with Crippen molar-refractivity contribution in [3.05, 3.63) is 34.8 Å². The Morgan fingerprint density at radius 2 is 1.90 bits per heavy atom. The van der Waals surface area contributed by atoms with Gasteiger partial charge in [-0.25, -0.2) is 0 Å². The summed E-state index contributed by atoms with van der Waals surface area (Å²) in [6, 6.07) is 8.61. The average molecular weight is 289 g/mol. The van der Waals surface area contributed by atoms with Crippen LogP contribution in [0.25, 0.3) is 10.6 Å². The zero-order valence-corrected chi connectivity index (χ0v) is 13.3. The summed E-state index contributed by atoms with van der Waals surface area (Å²) in [5.74, 6) is 0.692. The van der Waals surface area contributed by atoms with Crippen LogP contribution in [0.15, 0.2) is 24.3 Å². The molecule has 2 rings (SSSR count). The molecule has 0 saturated heterocycles. The molecule has 0 bridgehead atoms. The van der Waals surface area contributed by atoms with E-state index >= 15 is 0 Å². The van der Waals surface area contributed by atoms with Crippen molar-refractivity contribution in [2.24, 2.45) is 5.92 Å². The summed E-state index contributed by atoms with van der Waals surface area (Å²) >= 11 is 1.70. The van der Waals surface area contributed by atoms with Gasteiger partial charge in [0.05, 0.1) is 0 Å². The summed E-state index contributed by atoms with van der Waals surface area (Å²) in [6.07, 6.45) is 2.03. The van der Waals surface area contributed by atoms with Crippen LogP contribution in [0.4, 0.5) is 0 Å². The molecular weight excluding hydrogens is 266 g/mol. The molecule has 0 unspecified atom stereocenters. The minimum absolute atomic E-state index is 0.692. The van der Waals surface area contributed by atoms with Gasteiger partial charge in [0, 0.05) is 18.5 Å². The van der Waals surface area contributed by atoms with Crippen molar-refractivity contribution in [2.75, 3.05) is 13.1 Å². The fourth-order valence-electron chi connectivity index (χ4n) is 1.94. The Hall–Kier alpha value is -1.26. The normalized spacial score (nSPS) is 11.2. The first kappa shape index (κ1) is 15.1. The first-order valence-corrected chi connectivity index (χ1v) is 8.13. The van der Waals surface area contributed by atoms with E-state index in [0.717, 1.165) is 35.9 Å². The maximum atomic E-state index is 4.30. The Morgan fingerprint density at radius 1 is 1.15 bits per heavy atom. The third kappa shape index (κ3) is 4.39. The lowest BCUT2D eigenvalue weighted by Gasteiger charge is -2.05. The van der Waals surface area contributed by atoms with Gasteiger partial charge in [-0.1, -0.05) is 56.4 Å². The highest BCUT2D eigenvalue weighted by Crippen LogP contribution is 2.24. The summed E-state index contributed by atoms with van der Waals surface area (Å²) in [6.45, 7) is 8.64. The predicted octanol–water partition coefficient (Wildman–Crippen LogP) is 3.56. The van der Waals surface area contributed by atoms with E-state index < -0.39 is 0 Å². The molecule has 1 aromatic heterocycles. The number of hydrogen-bond donors (Lipinski definition) is 1. The quantitative estimate of drug-likeness (QED) is 0.792. The van der Waals surface area contributed by atoms with Crippen LogP contribution in [-0.2, 0) is 12.8 Å². The molecule has 108 valence electrons. The van der Waals surface area contributed by atoms with E-state index in [1.165, 1.54) is 11.1 Å². The number of aromatic nitrogens is 2. The number of rotatable bonds is 7. The van der Waals surface area contributed by atoms with Gasteiger partial charge in [-0.2, -0.15) is 0 Å². The van der Waals surface area contributed by atoms with Gasteiger partial charge in [-0.15, -0.1) is 10.2 Å². The second-order valence-corrected chi connectivity index (χ2v) is 6.46. The lowest BCUT2D eigenvalue weighted by molar-refractivity contribution is 0.553. The van der Waals surface area contributed by atoms with Crippen LogP contribution in [-0.4, -0.2) is 23.3 Å². The van der Waals surface area contributed by atoms with E-state index in [-0.39, 0.29) is 0 Å². The van der Waals surface area contributed by atoms with Crippen LogP contribution >= 0.6 is 11.3 Å². The first-order chi connectivity index (χ1) is 9.69. The van der Waals surface area contributed by atoms with Crippen molar-refractivity contribution in [3.8, 4) is 10.6 Å². The topological polar surface area (TPSA) is 37.8 Å². The minimum atomic E-state index is 0.692. The van der Waals surface area contributed by atoms with Crippen LogP contribution < -0.4 is 5.32 Å². The fraction of sp³-hybridized carbons (Fsp3) is 0.500. The van der Waals surface area contributed by atoms with Crippen molar-refractivity contribution in [1.29, 1.82) is 0 Å². The molecule has 20 heavy (non-hydrogen) atoms. The second-order valence-electron chi connectivity index (χ2n) is 5.40. The van der Waals surface area contributed by atoms with E-state index in [2.05, 4.69) is 60.6 Å². The minimum Gasteiger partial charge on any atom is -0.316 e. The van der Waals surface area contributed by atoms with Crippen molar-refractivity contribution >= 4 is 11.3 Å². The van der Waals surface area contributed by atoms with E-state index in [1.807, 2.05) is 0 Å². The molecular formula is C16H23N3S. The maximum Gasteiger partial charge on any atom is 0.147 e. The van der Waals surface area contributed by atoms with Gasteiger partial charge in [0.2, 0.25) is 0 Å². The van der Waals surface area contributed by atoms with Crippen LogP contribution in [0, 0.1) is 5.92 Å². The number of nitrogens with one attached hydrogen (secondary N) is 1. The summed E-state index contributed by atoms with van der Waals surface area (Å²) < 4.78 is 0. The van der Waals surface area contributed by atoms with Crippen LogP contribution in [0.1, 0.15) is 31.3 Å². The molecule has 1 aromatic carbocycles. The van der Waals surface area contributed by atoms with E-state index in [9.17, 15) is 0 Å². The Morgan fingerprint density at radius 3 is 2.55 bits per heavy atom. The molecule has 0 aliphatic heterocycles. The number of aryl methyl sites for hydroxylation is 1. The lowest BCUT2D eigenvalue weighted by atomic mass is 10.1. The molecule has 1 heterocycles. The molecule has 4 heteroatoms. The highest BCUT2D eigenvalue weighted by atomic mass is 32.1. The van der Waals surface area contributed by atoms with Gasteiger partial charge in [0.15, 0.2) is 0 Å². The maximum absolute atomic E-state index is 4.30. The zero-order valence-electron chi connectivity index (χ0n) is 12.5. The number of nitrogens with zero attached hydrogens (tertiary/aromatic N) is 2. The largest absolute Gasteiger partial charge is 0.316 e. The third-order valence-electron chi connectivity index (χ3n) is 3.14. The van der Waals surface area contributed by atoms with Gasteiger partial charge in [0.25, 0.3) is 0 Å². The smallest absolute Gasteiger partial charge is 0.147 e. The molecule has 0 aliphatic rings. The van der Waals surface area contributed by atoms with E-state index in [4.69, 9.17) is 0 Å². The molecule has 0 radical (unpaired) electrons. The van der Waals surface area contributed by atoms with Gasteiger partial charge in [-0.3, -0.25) is 0 Å².